The summed E-state index contributed by atoms with van der Waals surface area (Å²) in [7, 11) is 1.70. The summed E-state index contributed by atoms with van der Waals surface area (Å²) in [5.74, 6) is 1.03. The van der Waals surface area contributed by atoms with Crippen LogP contribution in [-0.4, -0.2) is 50.2 Å². The third-order valence-electron chi connectivity index (χ3n) is 4.01. The molecule has 0 aromatic rings. The highest BCUT2D eigenvalue weighted by Gasteiger charge is 2.32. The summed E-state index contributed by atoms with van der Waals surface area (Å²) in [4.78, 5) is 14.3. The van der Waals surface area contributed by atoms with Crippen molar-refractivity contribution in [3.05, 3.63) is 0 Å². The van der Waals surface area contributed by atoms with Crippen LogP contribution in [0.25, 0.3) is 0 Å². The number of hydrogen-bond acceptors (Lipinski definition) is 3. The zero-order chi connectivity index (χ0) is 12.8. The van der Waals surface area contributed by atoms with Crippen LogP contribution in [-0.2, 0) is 9.53 Å². The smallest absolute Gasteiger partial charge is 0.222 e. The van der Waals surface area contributed by atoms with Crippen molar-refractivity contribution in [2.45, 2.75) is 44.6 Å². The average molecular weight is 254 g/mol. The fraction of sp³-hybridized carbons (Fsp3) is 0.929. The monoisotopic (exact) mass is 254 g/mol. The Hall–Kier alpha value is -0.610. The van der Waals surface area contributed by atoms with E-state index in [9.17, 15) is 4.79 Å². The van der Waals surface area contributed by atoms with Crippen molar-refractivity contribution >= 4 is 5.91 Å². The van der Waals surface area contributed by atoms with Crippen molar-refractivity contribution in [1.29, 1.82) is 0 Å². The molecule has 1 saturated heterocycles. The van der Waals surface area contributed by atoms with Gasteiger partial charge in [0.2, 0.25) is 5.91 Å². The SMILES string of the molecule is COCCN(C(=O)CCC1CCCNC1)C1CC1. The number of hydrogen-bond donors (Lipinski definition) is 1. The number of piperidine rings is 1. The predicted octanol–water partition coefficient (Wildman–Crippen LogP) is 1.40. The van der Waals surface area contributed by atoms with Gasteiger partial charge in [-0.3, -0.25) is 4.79 Å². The number of nitrogens with one attached hydrogen (secondary N) is 1. The van der Waals surface area contributed by atoms with E-state index in [0.717, 1.165) is 26.1 Å². The molecule has 1 N–H and O–H groups in total. The summed E-state index contributed by atoms with van der Waals surface area (Å²) < 4.78 is 5.09. The van der Waals surface area contributed by atoms with Crippen molar-refractivity contribution in [3.63, 3.8) is 0 Å². The molecule has 0 aromatic heterocycles. The molecular formula is C14H26N2O2. The van der Waals surface area contributed by atoms with Gasteiger partial charge in [0, 0.05) is 26.1 Å². The number of ether oxygens (including phenoxy) is 1. The minimum Gasteiger partial charge on any atom is -0.383 e. The Morgan fingerprint density at radius 1 is 1.39 bits per heavy atom. The molecule has 0 radical (unpaired) electrons. The number of rotatable bonds is 7. The normalized spacial score (nSPS) is 23.9. The predicted molar refractivity (Wildman–Crippen MR) is 71.4 cm³/mol. The third-order valence-corrected chi connectivity index (χ3v) is 4.01. The van der Waals surface area contributed by atoms with E-state index in [1.807, 2.05) is 4.90 Å². The summed E-state index contributed by atoms with van der Waals surface area (Å²) in [5, 5.41) is 3.41. The first-order chi connectivity index (χ1) is 8.81. The lowest BCUT2D eigenvalue weighted by atomic mass is 9.94. The maximum atomic E-state index is 12.2. The van der Waals surface area contributed by atoms with Crippen LogP contribution >= 0.6 is 0 Å². The van der Waals surface area contributed by atoms with Crippen LogP contribution in [0.3, 0.4) is 0 Å². The second kappa shape index (κ2) is 7.10. The Kier molecular flexibility index (Phi) is 5.45. The topological polar surface area (TPSA) is 41.6 Å². The molecule has 18 heavy (non-hydrogen) atoms. The van der Waals surface area contributed by atoms with Gasteiger partial charge < -0.3 is 15.0 Å². The molecule has 1 aliphatic heterocycles. The second-order valence-corrected chi connectivity index (χ2v) is 5.56. The van der Waals surface area contributed by atoms with Crippen molar-refractivity contribution in [3.8, 4) is 0 Å². The fourth-order valence-electron chi connectivity index (χ4n) is 2.73. The summed E-state index contributed by atoms with van der Waals surface area (Å²) in [6.45, 7) is 3.66. The number of amides is 1. The summed E-state index contributed by atoms with van der Waals surface area (Å²) in [6.07, 6.45) is 6.66. The van der Waals surface area contributed by atoms with E-state index in [1.54, 1.807) is 7.11 Å². The van der Waals surface area contributed by atoms with Crippen LogP contribution in [0.5, 0.6) is 0 Å². The van der Waals surface area contributed by atoms with Gasteiger partial charge >= 0.3 is 0 Å². The van der Waals surface area contributed by atoms with Gasteiger partial charge in [-0.1, -0.05) is 0 Å². The maximum Gasteiger partial charge on any atom is 0.222 e. The van der Waals surface area contributed by atoms with E-state index in [4.69, 9.17) is 4.74 Å². The second-order valence-electron chi connectivity index (χ2n) is 5.56. The highest BCUT2D eigenvalue weighted by Crippen LogP contribution is 2.28. The number of carbonyl (C=O) groups is 1. The van der Waals surface area contributed by atoms with Crippen LogP contribution in [0, 0.1) is 5.92 Å². The molecule has 1 amide bonds. The largest absolute Gasteiger partial charge is 0.383 e. The zero-order valence-corrected chi connectivity index (χ0v) is 11.5. The molecule has 0 aromatic carbocycles. The lowest BCUT2D eigenvalue weighted by Gasteiger charge is -2.25. The van der Waals surface area contributed by atoms with Crippen LogP contribution in [0.2, 0.25) is 0 Å². The van der Waals surface area contributed by atoms with Gasteiger partial charge in [-0.25, -0.2) is 0 Å². The maximum absolute atomic E-state index is 12.2. The van der Waals surface area contributed by atoms with Crippen LogP contribution in [0.15, 0.2) is 0 Å². The minimum atomic E-state index is 0.333. The van der Waals surface area contributed by atoms with Crippen molar-refractivity contribution < 1.29 is 9.53 Å². The Balaban J connectivity index is 1.70. The molecule has 1 heterocycles. The van der Waals surface area contributed by atoms with E-state index in [1.165, 1.54) is 25.7 Å². The Bertz CT molecular complexity index is 261. The lowest BCUT2D eigenvalue weighted by Crippen LogP contribution is -2.36. The first-order valence-corrected chi connectivity index (χ1v) is 7.30. The highest BCUT2D eigenvalue weighted by molar-refractivity contribution is 5.76. The molecule has 1 atom stereocenters. The van der Waals surface area contributed by atoms with Gasteiger partial charge in [0.15, 0.2) is 0 Å². The van der Waals surface area contributed by atoms with Crippen molar-refractivity contribution in [2.24, 2.45) is 5.92 Å². The van der Waals surface area contributed by atoms with E-state index in [0.29, 0.717) is 30.9 Å². The summed E-state index contributed by atoms with van der Waals surface area (Å²) in [5.41, 5.74) is 0. The molecule has 104 valence electrons. The molecule has 0 spiro atoms. The van der Waals surface area contributed by atoms with E-state index < -0.39 is 0 Å². The molecule has 2 aliphatic rings. The summed E-state index contributed by atoms with van der Waals surface area (Å²) >= 11 is 0. The van der Waals surface area contributed by atoms with Crippen molar-refractivity contribution in [1.82, 2.24) is 10.2 Å². The van der Waals surface area contributed by atoms with Gasteiger partial charge in [-0.15, -0.1) is 0 Å². The fourth-order valence-corrected chi connectivity index (χ4v) is 2.73. The molecular weight excluding hydrogens is 228 g/mol. The highest BCUT2D eigenvalue weighted by atomic mass is 16.5. The van der Waals surface area contributed by atoms with Crippen LogP contribution < -0.4 is 5.32 Å². The molecule has 0 bridgehead atoms. The molecule has 4 nitrogen and oxygen atoms in total. The standard InChI is InChI=1S/C14H26N2O2/c1-18-10-9-16(13-5-6-13)14(17)7-4-12-3-2-8-15-11-12/h12-13,15H,2-11H2,1H3. The molecule has 1 saturated carbocycles. The van der Waals surface area contributed by atoms with Gasteiger partial charge in [0.25, 0.3) is 0 Å². The first kappa shape index (κ1) is 13.8. The van der Waals surface area contributed by atoms with Gasteiger partial charge in [0.05, 0.1) is 6.61 Å². The van der Waals surface area contributed by atoms with Gasteiger partial charge in [-0.05, 0) is 51.1 Å². The Labute approximate surface area is 110 Å². The lowest BCUT2D eigenvalue weighted by molar-refractivity contribution is -0.132. The first-order valence-electron chi connectivity index (χ1n) is 7.30. The molecule has 2 fully saturated rings. The quantitative estimate of drug-likeness (QED) is 0.747. The Morgan fingerprint density at radius 2 is 2.22 bits per heavy atom. The van der Waals surface area contributed by atoms with E-state index >= 15 is 0 Å². The molecule has 4 heteroatoms. The van der Waals surface area contributed by atoms with Crippen LogP contribution in [0.4, 0.5) is 0 Å². The van der Waals surface area contributed by atoms with Gasteiger partial charge in [0.1, 0.15) is 0 Å². The number of carbonyl (C=O) groups excluding carboxylic acids is 1. The summed E-state index contributed by atoms with van der Waals surface area (Å²) in [6, 6.07) is 0.511. The molecule has 2 rings (SSSR count). The molecule has 1 aliphatic carbocycles. The van der Waals surface area contributed by atoms with Gasteiger partial charge in [-0.2, -0.15) is 0 Å². The number of methoxy groups -OCH3 is 1. The van der Waals surface area contributed by atoms with Crippen LogP contribution in [0.1, 0.15) is 38.5 Å². The van der Waals surface area contributed by atoms with Crippen molar-refractivity contribution in [2.75, 3.05) is 33.4 Å². The molecule has 1 unspecified atom stereocenters. The minimum absolute atomic E-state index is 0.333. The zero-order valence-electron chi connectivity index (χ0n) is 11.5. The van der Waals surface area contributed by atoms with E-state index in [-0.39, 0.29) is 0 Å². The third kappa shape index (κ3) is 4.25. The van der Waals surface area contributed by atoms with E-state index in [2.05, 4.69) is 5.32 Å². The average Bonchev–Trinajstić information content (AvgIpc) is 3.22. The Morgan fingerprint density at radius 3 is 2.83 bits per heavy atom. The number of nitrogens with zero attached hydrogens (tertiary/aromatic N) is 1.